The molecule has 3 rings (SSSR count). The zero-order valence-corrected chi connectivity index (χ0v) is 15.0. The number of anilines is 2. The molecule has 24 heavy (non-hydrogen) atoms. The van der Waals surface area contributed by atoms with Crippen molar-refractivity contribution in [2.75, 3.05) is 10.6 Å². The molecule has 2 aromatic carbocycles. The summed E-state index contributed by atoms with van der Waals surface area (Å²) in [5.74, 6) is -0.0844. The second-order valence-corrected chi connectivity index (χ2v) is 7.07. The average molecular weight is 387 g/mol. The number of carbonyl (C=O) groups excluding carboxylic acids is 2. The van der Waals surface area contributed by atoms with Gasteiger partial charge >= 0.3 is 0 Å². The zero-order chi connectivity index (χ0) is 17.2. The number of hydrogen-bond acceptors (Lipinski definition) is 2. The van der Waals surface area contributed by atoms with E-state index in [-0.39, 0.29) is 11.8 Å². The Hall–Kier alpha value is -2.14. The van der Waals surface area contributed by atoms with E-state index in [0.29, 0.717) is 5.69 Å². The molecule has 0 saturated heterocycles. The molecule has 2 N–H and O–H groups in total. The lowest BCUT2D eigenvalue weighted by molar-refractivity contribution is -0.124. The van der Waals surface area contributed by atoms with Crippen LogP contribution < -0.4 is 10.6 Å². The van der Waals surface area contributed by atoms with Crippen LogP contribution in [0.4, 0.5) is 11.4 Å². The number of nitrogens with one attached hydrogen (secondary N) is 2. The normalized spacial score (nSPS) is 15.2. The highest BCUT2D eigenvalue weighted by Crippen LogP contribution is 2.44. The first kappa shape index (κ1) is 16.7. The molecule has 0 atom stereocenters. The van der Waals surface area contributed by atoms with Gasteiger partial charge in [0.25, 0.3) is 0 Å². The fraction of sp³-hybridized carbons (Fsp3) is 0.263. The Balaban J connectivity index is 1.75. The standard InChI is InChI=1S/C19H19BrN2O2/c1-13(23)21-16-7-9-17(10-8-16)22-18(24)19(11-2-12-19)14-3-5-15(20)6-4-14/h3-10H,2,11-12H2,1H3,(H,21,23)(H,22,24). The van der Waals surface area contributed by atoms with E-state index >= 15 is 0 Å². The third-order valence-electron chi connectivity index (χ3n) is 4.50. The summed E-state index contributed by atoms with van der Waals surface area (Å²) in [5, 5.41) is 5.73. The molecule has 0 radical (unpaired) electrons. The highest BCUT2D eigenvalue weighted by atomic mass is 79.9. The van der Waals surface area contributed by atoms with Crippen LogP contribution in [0.3, 0.4) is 0 Å². The molecule has 0 heterocycles. The van der Waals surface area contributed by atoms with Crippen LogP contribution in [0.1, 0.15) is 31.7 Å². The largest absolute Gasteiger partial charge is 0.326 e. The second kappa shape index (κ2) is 6.77. The van der Waals surface area contributed by atoms with Crippen molar-refractivity contribution in [1.82, 2.24) is 0 Å². The Morgan fingerprint density at radius 1 is 0.917 bits per heavy atom. The lowest BCUT2D eigenvalue weighted by Crippen LogP contribution is -2.45. The highest BCUT2D eigenvalue weighted by molar-refractivity contribution is 9.10. The van der Waals surface area contributed by atoms with Crippen molar-refractivity contribution in [2.45, 2.75) is 31.6 Å². The molecule has 0 spiro atoms. The molecule has 0 aliphatic heterocycles. The first-order valence-electron chi connectivity index (χ1n) is 7.95. The minimum absolute atomic E-state index is 0.0309. The molecule has 0 aromatic heterocycles. The molecule has 1 saturated carbocycles. The fourth-order valence-corrected chi connectivity index (χ4v) is 3.30. The maximum atomic E-state index is 12.9. The number of carbonyl (C=O) groups is 2. The van der Waals surface area contributed by atoms with Gasteiger partial charge in [0.15, 0.2) is 0 Å². The quantitative estimate of drug-likeness (QED) is 0.814. The monoisotopic (exact) mass is 386 g/mol. The van der Waals surface area contributed by atoms with E-state index < -0.39 is 5.41 Å². The smallest absolute Gasteiger partial charge is 0.235 e. The summed E-state index contributed by atoms with van der Waals surface area (Å²) in [6, 6.07) is 15.2. The van der Waals surface area contributed by atoms with Crippen LogP contribution in [-0.2, 0) is 15.0 Å². The third kappa shape index (κ3) is 3.36. The van der Waals surface area contributed by atoms with Crippen LogP contribution in [0.5, 0.6) is 0 Å². The minimum atomic E-state index is -0.434. The number of benzene rings is 2. The Bertz CT molecular complexity index is 750. The van der Waals surface area contributed by atoms with Gasteiger partial charge in [-0.25, -0.2) is 0 Å². The first-order chi connectivity index (χ1) is 11.5. The van der Waals surface area contributed by atoms with E-state index in [1.165, 1.54) is 6.92 Å². The first-order valence-corrected chi connectivity index (χ1v) is 8.74. The van der Waals surface area contributed by atoms with Gasteiger partial charge in [0.05, 0.1) is 5.41 Å². The molecule has 1 aliphatic carbocycles. The van der Waals surface area contributed by atoms with Crippen molar-refractivity contribution >= 4 is 39.1 Å². The topological polar surface area (TPSA) is 58.2 Å². The van der Waals surface area contributed by atoms with Crippen LogP contribution in [0, 0.1) is 0 Å². The Morgan fingerprint density at radius 3 is 1.92 bits per heavy atom. The van der Waals surface area contributed by atoms with Gasteiger partial charge in [-0.15, -0.1) is 0 Å². The molecule has 124 valence electrons. The summed E-state index contributed by atoms with van der Waals surface area (Å²) in [7, 11) is 0. The molecule has 4 nitrogen and oxygen atoms in total. The van der Waals surface area contributed by atoms with Gasteiger partial charge in [0.2, 0.25) is 11.8 Å². The summed E-state index contributed by atoms with van der Waals surface area (Å²) in [6.45, 7) is 1.47. The molecule has 1 aliphatic rings. The van der Waals surface area contributed by atoms with Crippen molar-refractivity contribution in [3.63, 3.8) is 0 Å². The van der Waals surface area contributed by atoms with Gasteiger partial charge < -0.3 is 10.6 Å². The highest BCUT2D eigenvalue weighted by Gasteiger charge is 2.45. The maximum Gasteiger partial charge on any atom is 0.235 e. The summed E-state index contributed by atoms with van der Waals surface area (Å²) in [5.41, 5.74) is 2.07. The summed E-state index contributed by atoms with van der Waals surface area (Å²) in [6.07, 6.45) is 2.79. The van der Waals surface area contributed by atoms with E-state index in [4.69, 9.17) is 0 Å². The average Bonchev–Trinajstić information content (AvgIpc) is 2.49. The van der Waals surface area contributed by atoms with E-state index in [1.807, 2.05) is 24.3 Å². The molecule has 0 bridgehead atoms. The van der Waals surface area contributed by atoms with Gasteiger partial charge in [0.1, 0.15) is 0 Å². The molecule has 5 heteroatoms. The Labute approximate surface area is 149 Å². The van der Waals surface area contributed by atoms with E-state index in [9.17, 15) is 9.59 Å². The van der Waals surface area contributed by atoms with Crippen LogP contribution >= 0.6 is 15.9 Å². The van der Waals surface area contributed by atoms with E-state index in [2.05, 4.69) is 26.6 Å². The zero-order valence-electron chi connectivity index (χ0n) is 13.4. The SMILES string of the molecule is CC(=O)Nc1ccc(NC(=O)C2(c3ccc(Br)cc3)CCC2)cc1. The molecule has 1 fully saturated rings. The van der Waals surface area contributed by atoms with Gasteiger partial charge in [0, 0.05) is 22.8 Å². The van der Waals surface area contributed by atoms with Crippen LogP contribution in [0.2, 0.25) is 0 Å². The summed E-state index contributed by atoms with van der Waals surface area (Å²) in [4.78, 5) is 23.9. The van der Waals surface area contributed by atoms with E-state index in [1.54, 1.807) is 24.3 Å². The van der Waals surface area contributed by atoms with Crippen LogP contribution in [0.25, 0.3) is 0 Å². The number of amides is 2. The lowest BCUT2D eigenvalue weighted by atomic mass is 9.64. The summed E-state index contributed by atoms with van der Waals surface area (Å²) < 4.78 is 1.01. The molecular weight excluding hydrogens is 368 g/mol. The van der Waals surface area contributed by atoms with Gasteiger partial charge in [-0.1, -0.05) is 34.5 Å². The van der Waals surface area contributed by atoms with Crippen molar-refractivity contribution < 1.29 is 9.59 Å². The predicted octanol–water partition coefficient (Wildman–Crippen LogP) is 4.47. The van der Waals surface area contributed by atoms with Crippen LogP contribution in [-0.4, -0.2) is 11.8 Å². The molecule has 2 aromatic rings. The number of hydrogen-bond donors (Lipinski definition) is 2. The van der Waals surface area contributed by atoms with Gasteiger partial charge in [-0.05, 0) is 54.8 Å². The van der Waals surface area contributed by atoms with Gasteiger partial charge in [-0.2, -0.15) is 0 Å². The van der Waals surface area contributed by atoms with Gasteiger partial charge in [-0.3, -0.25) is 9.59 Å². The number of rotatable bonds is 4. The fourth-order valence-electron chi connectivity index (χ4n) is 3.04. The third-order valence-corrected chi connectivity index (χ3v) is 5.03. The lowest BCUT2D eigenvalue weighted by Gasteiger charge is -2.40. The van der Waals surface area contributed by atoms with Crippen LogP contribution in [0.15, 0.2) is 53.0 Å². The van der Waals surface area contributed by atoms with Crippen molar-refractivity contribution in [2.24, 2.45) is 0 Å². The Morgan fingerprint density at radius 2 is 1.46 bits per heavy atom. The number of halogens is 1. The second-order valence-electron chi connectivity index (χ2n) is 6.16. The maximum absolute atomic E-state index is 12.9. The molecular formula is C19H19BrN2O2. The predicted molar refractivity (Wildman–Crippen MR) is 99.0 cm³/mol. The minimum Gasteiger partial charge on any atom is -0.326 e. The summed E-state index contributed by atoms with van der Waals surface area (Å²) >= 11 is 3.44. The molecule has 2 amide bonds. The van der Waals surface area contributed by atoms with Crippen molar-refractivity contribution in [3.8, 4) is 0 Å². The Kier molecular flexibility index (Phi) is 4.71. The van der Waals surface area contributed by atoms with Crippen molar-refractivity contribution in [1.29, 1.82) is 0 Å². The van der Waals surface area contributed by atoms with E-state index in [0.717, 1.165) is 35.0 Å². The molecule has 0 unspecified atom stereocenters. The van der Waals surface area contributed by atoms with Crippen molar-refractivity contribution in [3.05, 3.63) is 58.6 Å².